The summed E-state index contributed by atoms with van der Waals surface area (Å²) >= 11 is 6.50. The number of rotatable bonds is 6. The van der Waals surface area contributed by atoms with E-state index in [0.717, 1.165) is 25.1 Å². The third kappa shape index (κ3) is 3.91. The third-order valence-corrected chi connectivity index (χ3v) is 7.56. The second-order valence-corrected chi connectivity index (χ2v) is 9.89. The van der Waals surface area contributed by atoms with Gasteiger partial charge < -0.3 is 14.6 Å². The monoisotopic (exact) mass is 418 g/mol. The quantitative estimate of drug-likeness (QED) is 0.753. The number of sulfonamides is 1. The van der Waals surface area contributed by atoms with Crippen molar-refractivity contribution in [1.82, 2.24) is 9.21 Å². The topological polar surface area (TPSA) is 79.3 Å². The molecule has 2 unspecified atom stereocenters. The largest absolute Gasteiger partial charge is 0.493 e. The van der Waals surface area contributed by atoms with Gasteiger partial charge in [-0.25, -0.2) is 12.7 Å². The lowest BCUT2D eigenvalue weighted by molar-refractivity contribution is 0.0170. The summed E-state index contributed by atoms with van der Waals surface area (Å²) < 4.78 is 36.1. The number of hydrogen-bond acceptors (Lipinski definition) is 6. The van der Waals surface area contributed by atoms with Crippen LogP contribution in [0.4, 0.5) is 0 Å². The molecule has 0 aliphatic carbocycles. The van der Waals surface area contributed by atoms with Crippen LogP contribution in [-0.2, 0) is 16.6 Å². The van der Waals surface area contributed by atoms with Crippen LogP contribution in [0.25, 0.3) is 0 Å². The van der Waals surface area contributed by atoms with Gasteiger partial charge in [0.25, 0.3) is 0 Å². The highest BCUT2D eigenvalue weighted by Crippen LogP contribution is 2.44. The number of aliphatic hydroxyl groups excluding tert-OH is 1. The van der Waals surface area contributed by atoms with E-state index >= 15 is 0 Å². The summed E-state index contributed by atoms with van der Waals surface area (Å²) in [5, 5.41) is 10.5. The standard InChI is InChI=1S/C18H27ClN2O5S/c1-25-15-5-4-13(16(19)17(15)26-2)8-20-7-6-18(12-22)11-21(27(3,23)24)10-14(18)9-20/h4-5,14,22H,6-12H2,1-3H3. The minimum Gasteiger partial charge on any atom is -0.493 e. The molecule has 9 heteroatoms. The van der Waals surface area contributed by atoms with Gasteiger partial charge in [-0.05, 0) is 30.5 Å². The summed E-state index contributed by atoms with van der Waals surface area (Å²) in [4.78, 5) is 2.26. The average molecular weight is 419 g/mol. The normalized spacial score (nSPS) is 26.8. The molecule has 0 aromatic heterocycles. The van der Waals surface area contributed by atoms with Gasteiger partial charge in [0.2, 0.25) is 10.0 Å². The molecule has 0 amide bonds. The summed E-state index contributed by atoms with van der Waals surface area (Å²) in [6.45, 7) is 2.99. The molecule has 27 heavy (non-hydrogen) atoms. The smallest absolute Gasteiger partial charge is 0.211 e. The summed E-state index contributed by atoms with van der Waals surface area (Å²) in [6.07, 6.45) is 1.99. The fraction of sp³-hybridized carbons (Fsp3) is 0.667. The minimum absolute atomic E-state index is 0.00857. The Bertz CT molecular complexity index is 803. The average Bonchev–Trinajstić information content (AvgIpc) is 3.03. The second-order valence-electron chi connectivity index (χ2n) is 7.53. The van der Waals surface area contributed by atoms with Gasteiger partial charge in [0.15, 0.2) is 11.5 Å². The lowest BCUT2D eigenvalue weighted by Crippen LogP contribution is -2.48. The maximum absolute atomic E-state index is 12.0. The highest BCUT2D eigenvalue weighted by atomic mass is 35.5. The SMILES string of the molecule is COc1ccc(CN2CCC3(CO)CN(S(C)(=O)=O)CC3C2)c(Cl)c1OC. The number of likely N-dealkylation sites (tertiary alicyclic amines) is 1. The first kappa shape index (κ1) is 20.7. The van der Waals surface area contributed by atoms with Crippen LogP contribution >= 0.6 is 11.6 Å². The van der Waals surface area contributed by atoms with Gasteiger partial charge in [0.1, 0.15) is 0 Å². The number of halogens is 1. The number of fused-ring (bicyclic) bond motifs is 1. The molecule has 7 nitrogen and oxygen atoms in total. The van der Waals surface area contributed by atoms with E-state index < -0.39 is 10.0 Å². The van der Waals surface area contributed by atoms with E-state index in [1.807, 2.05) is 12.1 Å². The Morgan fingerprint density at radius 3 is 2.63 bits per heavy atom. The molecule has 2 atom stereocenters. The zero-order valence-electron chi connectivity index (χ0n) is 15.9. The molecular formula is C18H27ClN2O5S. The van der Waals surface area contributed by atoms with E-state index in [0.29, 0.717) is 36.2 Å². The van der Waals surface area contributed by atoms with Gasteiger partial charge in [-0.2, -0.15) is 0 Å². The van der Waals surface area contributed by atoms with Crippen molar-refractivity contribution in [2.45, 2.75) is 13.0 Å². The number of methoxy groups -OCH3 is 2. The van der Waals surface area contributed by atoms with Crippen molar-refractivity contribution in [3.63, 3.8) is 0 Å². The van der Waals surface area contributed by atoms with E-state index in [2.05, 4.69) is 4.90 Å². The highest BCUT2D eigenvalue weighted by Gasteiger charge is 2.51. The number of ether oxygens (including phenoxy) is 2. The Kier molecular flexibility index (Phi) is 5.93. The lowest BCUT2D eigenvalue weighted by atomic mass is 9.73. The van der Waals surface area contributed by atoms with Crippen LogP contribution in [0.15, 0.2) is 12.1 Å². The number of benzene rings is 1. The van der Waals surface area contributed by atoms with Gasteiger partial charge in [-0.1, -0.05) is 17.7 Å². The molecule has 1 aromatic carbocycles. The summed E-state index contributed by atoms with van der Waals surface area (Å²) in [5.41, 5.74) is 0.588. The molecule has 2 heterocycles. The summed E-state index contributed by atoms with van der Waals surface area (Å²) in [6, 6.07) is 3.76. The molecule has 0 spiro atoms. The Hall–Kier alpha value is -1.06. The summed E-state index contributed by atoms with van der Waals surface area (Å²) in [7, 11) is -0.129. The third-order valence-electron chi connectivity index (χ3n) is 5.93. The van der Waals surface area contributed by atoms with Crippen molar-refractivity contribution in [3.8, 4) is 11.5 Å². The Morgan fingerprint density at radius 1 is 1.30 bits per heavy atom. The fourth-order valence-corrected chi connectivity index (χ4v) is 5.49. The zero-order chi connectivity index (χ0) is 19.8. The predicted molar refractivity (Wildman–Crippen MR) is 104 cm³/mol. The minimum atomic E-state index is -3.26. The van der Waals surface area contributed by atoms with Gasteiger partial charge in [0, 0.05) is 31.6 Å². The Morgan fingerprint density at radius 2 is 2.04 bits per heavy atom. The molecule has 0 radical (unpaired) electrons. The highest BCUT2D eigenvalue weighted by molar-refractivity contribution is 7.88. The lowest BCUT2D eigenvalue weighted by Gasteiger charge is -2.42. The van der Waals surface area contributed by atoms with Gasteiger partial charge >= 0.3 is 0 Å². The molecule has 0 bridgehead atoms. The van der Waals surface area contributed by atoms with Gasteiger partial charge in [-0.15, -0.1) is 0 Å². The molecule has 2 aliphatic rings. The second kappa shape index (κ2) is 7.75. The summed E-state index contributed by atoms with van der Waals surface area (Å²) in [5.74, 6) is 1.20. The maximum atomic E-state index is 12.0. The first-order valence-corrected chi connectivity index (χ1v) is 11.1. The molecule has 3 rings (SSSR count). The molecule has 2 saturated heterocycles. The predicted octanol–water partition coefficient (Wildman–Crippen LogP) is 1.43. The first-order valence-electron chi connectivity index (χ1n) is 8.92. The molecule has 0 saturated carbocycles. The van der Waals surface area contributed by atoms with Crippen molar-refractivity contribution in [2.75, 3.05) is 53.3 Å². The molecular weight excluding hydrogens is 392 g/mol. The van der Waals surface area contributed by atoms with Crippen LogP contribution in [0.2, 0.25) is 5.02 Å². The zero-order valence-corrected chi connectivity index (χ0v) is 17.5. The van der Waals surface area contributed by atoms with Crippen LogP contribution in [0, 0.1) is 11.3 Å². The number of hydrogen-bond donors (Lipinski definition) is 1. The molecule has 2 fully saturated rings. The van der Waals surface area contributed by atoms with Gasteiger partial charge in [-0.3, -0.25) is 4.90 Å². The number of piperidine rings is 1. The van der Waals surface area contributed by atoms with Gasteiger partial charge in [0.05, 0.1) is 32.1 Å². The first-order chi connectivity index (χ1) is 12.7. The molecule has 1 N–H and O–H groups in total. The Balaban J connectivity index is 1.77. The van der Waals surface area contributed by atoms with Crippen molar-refractivity contribution in [1.29, 1.82) is 0 Å². The number of aliphatic hydroxyl groups is 1. The van der Waals surface area contributed by atoms with Crippen LogP contribution < -0.4 is 9.47 Å². The van der Waals surface area contributed by atoms with Crippen LogP contribution in [0.5, 0.6) is 11.5 Å². The van der Waals surface area contributed by atoms with Crippen molar-refractivity contribution < 1.29 is 23.0 Å². The van der Waals surface area contributed by atoms with E-state index in [1.165, 1.54) is 10.6 Å². The van der Waals surface area contributed by atoms with Crippen molar-refractivity contribution in [2.24, 2.45) is 11.3 Å². The maximum Gasteiger partial charge on any atom is 0.211 e. The molecule has 1 aromatic rings. The van der Waals surface area contributed by atoms with E-state index in [-0.39, 0.29) is 17.9 Å². The molecule has 152 valence electrons. The number of nitrogens with zero attached hydrogens (tertiary/aromatic N) is 2. The van der Waals surface area contributed by atoms with E-state index in [9.17, 15) is 13.5 Å². The molecule has 2 aliphatic heterocycles. The van der Waals surface area contributed by atoms with E-state index in [4.69, 9.17) is 21.1 Å². The van der Waals surface area contributed by atoms with Crippen molar-refractivity contribution >= 4 is 21.6 Å². The van der Waals surface area contributed by atoms with Crippen LogP contribution in [-0.4, -0.2) is 76.0 Å². The Labute approximate surface area is 165 Å². The fourth-order valence-electron chi connectivity index (χ4n) is 4.25. The van der Waals surface area contributed by atoms with E-state index in [1.54, 1.807) is 14.2 Å². The van der Waals surface area contributed by atoms with Crippen LogP contribution in [0.1, 0.15) is 12.0 Å². The van der Waals surface area contributed by atoms with Crippen molar-refractivity contribution in [3.05, 3.63) is 22.7 Å². The van der Waals surface area contributed by atoms with Crippen LogP contribution in [0.3, 0.4) is 0 Å².